The topological polar surface area (TPSA) is 158 Å². The van der Waals surface area contributed by atoms with Crippen LogP contribution in [0.3, 0.4) is 0 Å². The highest BCUT2D eigenvalue weighted by atomic mass is 16.6. The maximum Gasteiger partial charge on any atom is 0.407 e. The second-order valence-electron chi connectivity index (χ2n) is 14.5. The molecule has 0 spiro atoms. The molecule has 2 aliphatic carbocycles. The minimum Gasteiger partial charge on any atom is -0.465 e. The van der Waals surface area contributed by atoms with E-state index in [0.29, 0.717) is 5.56 Å². The van der Waals surface area contributed by atoms with Crippen molar-refractivity contribution in [1.29, 1.82) is 0 Å². The van der Waals surface area contributed by atoms with Gasteiger partial charge in [-0.25, -0.2) is 14.4 Å². The number of fused-ring (bicyclic) bond motifs is 6. The van der Waals surface area contributed by atoms with Gasteiger partial charge >= 0.3 is 24.1 Å². The lowest BCUT2D eigenvalue weighted by molar-refractivity contribution is -0.148. The molecule has 5 aromatic rings. The van der Waals surface area contributed by atoms with E-state index in [-0.39, 0.29) is 64.2 Å². The van der Waals surface area contributed by atoms with Gasteiger partial charge in [-0.05, 0) is 69.8 Å². The van der Waals surface area contributed by atoms with E-state index in [9.17, 15) is 24.0 Å². The van der Waals surface area contributed by atoms with Crippen molar-refractivity contribution in [3.8, 4) is 22.3 Å². The molecule has 60 heavy (non-hydrogen) atoms. The number of hydrogen-bond acceptors (Lipinski definition) is 9. The fourth-order valence-corrected chi connectivity index (χ4v) is 7.95. The second-order valence-corrected chi connectivity index (χ2v) is 14.5. The number of amides is 3. The maximum atomic E-state index is 13.7. The van der Waals surface area contributed by atoms with Crippen molar-refractivity contribution in [2.45, 2.75) is 43.6 Å². The molecular formula is C48H47N3O9. The first-order valence-corrected chi connectivity index (χ1v) is 20.2. The molecule has 0 heterocycles. The van der Waals surface area contributed by atoms with Gasteiger partial charge in [-0.1, -0.05) is 127 Å². The van der Waals surface area contributed by atoms with Crippen molar-refractivity contribution in [3.05, 3.63) is 155 Å². The number of benzene rings is 5. The van der Waals surface area contributed by atoms with Crippen LogP contribution in [0.5, 0.6) is 0 Å². The summed E-state index contributed by atoms with van der Waals surface area (Å²) in [5, 5.41) is 7.97. The largest absolute Gasteiger partial charge is 0.465 e. The standard InChI is InChI=1S/C48H47N3O9/c1-2-57-44(52)27-50-45(53)40(31-15-4-3-5-16-31)28-58-46(54)43(51-48(56)60-30-42-38-23-12-8-19-34(38)35-20-9-13-24-39(35)42)25-14-26-49-47(55)59-29-41-36-21-10-6-17-32(36)33-18-7-11-22-37(33)41/h3-13,15-24,40-43H,2,14,25-30H2,1H3,(H,49,55)(H,50,53)(H,51,56)/t40?,43-/m0/s1. The molecule has 2 aliphatic rings. The van der Waals surface area contributed by atoms with E-state index < -0.39 is 42.0 Å². The minimum absolute atomic E-state index is 0.0295. The predicted molar refractivity (Wildman–Crippen MR) is 224 cm³/mol. The summed E-state index contributed by atoms with van der Waals surface area (Å²) in [4.78, 5) is 65.3. The summed E-state index contributed by atoms with van der Waals surface area (Å²) in [7, 11) is 0. The summed E-state index contributed by atoms with van der Waals surface area (Å²) in [5.41, 5.74) is 9.22. The molecule has 0 aromatic heterocycles. The number of nitrogens with one attached hydrogen (secondary N) is 3. The average Bonchev–Trinajstić information content (AvgIpc) is 3.77. The minimum atomic E-state index is -1.19. The Labute approximate surface area is 348 Å². The number of alkyl carbamates (subject to hydrolysis) is 2. The Bertz CT molecular complexity index is 2240. The normalized spacial score (nSPS) is 13.3. The Hall–Kier alpha value is -6.95. The Morgan fingerprint density at radius 3 is 1.57 bits per heavy atom. The van der Waals surface area contributed by atoms with Gasteiger partial charge in [-0.15, -0.1) is 0 Å². The summed E-state index contributed by atoms with van der Waals surface area (Å²) in [5.74, 6) is -3.21. The molecule has 0 bridgehead atoms. The first-order chi connectivity index (χ1) is 29.3. The highest BCUT2D eigenvalue weighted by Gasteiger charge is 2.32. The highest BCUT2D eigenvalue weighted by Crippen LogP contribution is 2.45. The Balaban J connectivity index is 0.978. The molecule has 12 nitrogen and oxygen atoms in total. The van der Waals surface area contributed by atoms with E-state index in [1.165, 1.54) is 0 Å². The number of carbonyl (C=O) groups is 5. The summed E-state index contributed by atoms with van der Waals surface area (Å²) < 4.78 is 22.0. The van der Waals surface area contributed by atoms with Crippen molar-refractivity contribution >= 4 is 30.0 Å². The molecule has 0 aliphatic heterocycles. The van der Waals surface area contributed by atoms with Crippen LogP contribution < -0.4 is 16.0 Å². The van der Waals surface area contributed by atoms with Crippen LogP contribution in [0.1, 0.15) is 65.3 Å². The number of hydrogen-bond donors (Lipinski definition) is 3. The van der Waals surface area contributed by atoms with Crippen LogP contribution in [0.2, 0.25) is 0 Å². The molecule has 0 fully saturated rings. The lowest BCUT2D eigenvalue weighted by atomic mass is 9.98. The quantitative estimate of drug-likeness (QED) is 0.0501. The Morgan fingerprint density at radius 1 is 0.567 bits per heavy atom. The van der Waals surface area contributed by atoms with Crippen molar-refractivity contribution in [2.75, 3.05) is 39.5 Å². The zero-order valence-electron chi connectivity index (χ0n) is 33.3. The van der Waals surface area contributed by atoms with Crippen LogP contribution in [-0.4, -0.2) is 75.6 Å². The molecule has 12 heteroatoms. The van der Waals surface area contributed by atoms with Gasteiger partial charge in [0.05, 0.1) is 12.5 Å². The van der Waals surface area contributed by atoms with Crippen LogP contribution in [0.25, 0.3) is 22.3 Å². The lowest BCUT2D eigenvalue weighted by Gasteiger charge is -2.21. The second kappa shape index (κ2) is 19.7. The molecule has 1 unspecified atom stereocenters. The number of esters is 2. The number of ether oxygens (including phenoxy) is 4. The average molecular weight is 810 g/mol. The molecule has 2 atom stereocenters. The molecule has 308 valence electrons. The van der Waals surface area contributed by atoms with E-state index in [2.05, 4.69) is 28.1 Å². The van der Waals surface area contributed by atoms with Crippen molar-refractivity contribution in [1.82, 2.24) is 16.0 Å². The van der Waals surface area contributed by atoms with Crippen molar-refractivity contribution < 1.29 is 42.9 Å². The van der Waals surface area contributed by atoms with Gasteiger partial charge in [-0.2, -0.15) is 0 Å². The van der Waals surface area contributed by atoms with E-state index in [4.69, 9.17) is 18.9 Å². The van der Waals surface area contributed by atoms with Gasteiger partial charge < -0.3 is 34.9 Å². The van der Waals surface area contributed by atoms with Gasteiger partial charge in [0.1, 0.15) is 32.4 Å². The highest BCUT2D eigenvalue weighted by molar-refractivity contribution is 5.88. The number of carbonyl (C=O) groups excluding carboxylic acids is 5. The Kier molecular flexibility index (Phi) is 13.5. The van der Waals surface area contributed by atoms with E-state index in [0.717, 1.165) is 44.5 Å². The summed E-state index contributed by atoms with van der Waals surface area (Å²) in [6, 6.07) is 39.6. The maximum absolute atomic E-state index is 13.7. The molecule has 7 rings (SSSR count). The summed E-state index contributed by atoms with van der Waals surface area (Å²) in [6.45, 7) is 1.40. The zero-order chi connectivity index (χ0) is 41.8. The molecule has 0 radical (unpaired) electrons. The van der Waals surface area contributed by atoms with E-state index >= 15 is 0 Å². The zero-order valence-corrected chi connectivity index (χ0v) is 33.3. The van der Waals surface area contributed by atoms with E-state index in [1.54, 1.807) is 37.3 Å². The van der Waals surface area contributed by atoms with Crippen LogP contribution in [-0.2, 0) is 33.3 Å². The number of rotatable bonds is 17. The lowest BCUT2D eigenvalue weighted by Crippen LogP contribution is -2.44. The van der Waals surface area contributed by atoms with Gasteiger partial charge in [0.2, 0.25) is 5.91 Å². The van der Waals surface area contributed by atoms with Crippen molar-refractivity contribution in [3.63, 3.8) is 0 Å². The van der Waals surface area contributed by atoms with Gasteiger partial charge in [-0.3, -0.25) is 9.59 Å². The van der Waals surface area contributed by atoms with Crippen LogP contribution >= 0.6 is 0 Å². The molecular weight excluding hydrogens is 763 g/mol. The van der Waals surface area contributed by atoms with Gasteiger partial charge in [0.15, 0.2) is 0 Å². The molecule has 3 N–H and O–H groups in total. The van der Waals surface area contributed by atoms with E-state index in [1.807, 2.05) is 84.9 Å². The fraction of sp³-hybridized carbons (Fsp3) is 0.271. The Morgan fingerprint density at radius 2 is 1.05 bits per heavy atom. The summed E-state index contributed by atoms with van der Waals surface area (Å²) in [6.07, 6.45) is -1.11. The molecule has 5 aromatic carbocycles. The van der Waals surface area contributed by atoms with Crippen LogP contribution in [0.15, 0.2) is 127 Å². The molecule has 0 saturated heterocycles. The SMILES string of the molecule is CCOC(=O)CNC(=O)C(COC(=O)[C@H](CCCNC(=O)OCC1c2ccccc2-c2ccccc21)NC(=O)OCC1c2ccccc2-c2ccccc21)c1ccccc1. The summed E-state index contributed by atoms with van der Waals surface area (Å²) >= 11 is 0. The van der Waals surface area contributed by atoms with Gasteiger partial charge in [0, 0.05) is 18.4 Å². The third-order valence-electron chi connectivity index (χ3n) is 10.8. The molecule has 3 amide bonds. The smallest absolute Gasteiger partial charge is 0.407 e. The van der Waals surface area contributed by atoms with Gasteiger partial charge in [0.25, 0.3) is 0 Å². The fourth-order valence-electron chi connectivity index (χ4n) is 7.95. The van der Waals surface area contributed by atoms with Crippen LogP contribution in [0, 0.1) is 0 Å². The third kappa shape index (κ3) is 9.66. The third-order valence-corrected chi connectivity index (χ3v) is 10.8. The predicted octanol–water partition coefficient (Wildman–Crippen LogP) is 7.22. The molecule has 0 saturated carbocycles. The van der Waals surface area contributed by atoms with Crippen LogP contribution in [0.4, 0.5) is 9.59 Å². The van der Waals surface area contributed by atoms with Crippen molar-refractivity contribution in [2.24, 2.45) is 0 Å². The first kappa shape index (κ1) is 41.2. The first-order valence-electron chi connectivity index (χ1n) is 20.2. The monoisotopic (exact) mass is 809 g/mol.